The number of rotatable bonds is 7. The highest BCUT2D eigenvalue weighted by Crippen LogP contribution is 2.31. The van der Waals surface area contributed by atoms with Gasteiger partial charge in [0.1, 0.15) is 11.6 Å². The molecule has 1 unspecified atom stereocenters. The molecule has 1 aliphatic carbocycles. The first-order valence-corrected chi connectivity index (χ1v) is 11.7. The molecule has 2 aliphatic rings. The molecule has 176 valence electrons. The van der Waals surface area contributed by atoms with Crippen molar-refractivity contribution in [1.29, 1.82) is 0 Å². The van der Waals surface area contributed by atoms with E-state index in [1.54, 1.807) is 11.1 Å². The van der Waals surface area contributed by atoms with Gasteiger partial charge in [-0.15, -0.1) is 0 Å². The molecule has 4 rings (SSSR count). The van der Waals surface area contributed by atoms with Gasteiger partial charge in [-0.05, 0) is 43.0 Å². The molecular formula is C25H30F2N4O2. The highest BCUT2D eigenvalue weighted by atomic mass is 19.1. The van der Waals surface area contributed by atoms with Crippen LogP contribution in [-0.2, 0) is 11.2 Å². The van der Waals surface area contributed by atoms with Crippen molar-refractivity contribution in [2.24, 2.45) is 5.92 Å². The van der Waals surface area contributed by atoms with Crippen LogP contribution in [0.25, 0.3) is 0 Å². The van der Waals surface area contributed by atoms with E-state index < -0.39 is 17.5 Å². The van der Waals surface area contributed by atoms with Crippen molar-refractivity contribution in [2.45, 2.75) is 38.1 Å². The van der Waals surface area contributed by atoms with Crippen molar-refractivity contribution in [1.82, 2.24) is 20.1 Å². The van der Waals surface area contributed by atoms with Crippen LogP contribution in [0.4, 0.5) is 8.78 Å². The zero-order valence-electron chi connectivity index (χ0n) is 18.7. The Bertz CT molecular complexity index is 958. The van der Waals surface area contributed by atoms with Gasteiger partial charge >= 0.3 is 0 Å². The summed E-state index contributed by atoms with van der Waals surface area (Å²) in [4.78, 5) is 34.0. The molecule has 1 saturated heterocycles. The van der Waals surface area contributed by atoms with Crippen LogP contribution < -0.4 is 5.32 Å². The second-order valence-electron chi connectivity index (χ2n) is 8.80. The van der Waals surface area contributed by atoms with Crippen LogP contribution in [0.2, 0.25) is 0 Å². The van der Waals surface area contributed by atoms with Crippen LogP contribution in [0.15, 0.2) is 42.6 Å². The van der Waals surface area contributed by atoms with Crippen LogP contribution in [0.3, 0.4) is 0 Å². The lowest BCUT2D eigenvalue weighted by atomic mass is 9.95. The molecule has 1 aromatic carbocycles. The molecule has 33 heavy (non-hydrogen) atoms. The first-order valence-electron chi connectivity index (χ1n) is 11.7. The zero-order valence-corrected chi connectivity index (χ0v) is 18.7. The summed E-state index contributed by atoms with van der Waals surface area (Å²) >= 11 is 0. The van der Waals surface area contributed by atoms with Gasteiger partial charge < -0.3 is 10.2 Å². The number of halogens is 2. The lowest BCUT2D eigenvalue weighted by Gasteiger charge is -2.40. The Morgan fingerprint density at radius 3 is 2.48 bits per heavy atom. The smallest absolute Gasteiger partial charge is 0.256 e. The third kappa shape index (κ3) is 5.74. The van der Waals surface area contributed by atoms with Crippen LogP contribution in [-0.4, -0.2) is 65.4 Å². The Morgan fingerprint density at radius 1 is 1.06 bits per heavy atom. The zero-order chi connectivity index (χ0) is 23.2. The molecule has 0 spiro atoms. The van der Waals surface area contributed by atoms with Crippen molar-refractivity contribution >= 4 is 11.8 Å². The Kier molecular flexibility index (Phi) is 7.65. The van der Waals surface area contributed by atoms with Gasteiger partial charge in [0, 0.05) is 57.1 Å². The minimum absolute atomic E-state index is 0.0298. The number of pyridine rings is 1. The molecule has 1 saturated carbocycles. The predicted molar refractivity (Wildman–Crippen MR) is 121 cm³/mol. The summed E-state index contributed by atoms with van der Waals surface area (Å²) in [6, 6.07) is 8.54. The van der Waals surface area contributed by atoms with E-state index in [2.05, 4.69) is 15.2 Å². The number of nitrogens with one attached hydrogen (secondary N) is 1. The maximum atomic E-state index is 14.1. The SMILES string of the molecule is O=C(NCCc1ccccn1)C(C1CCCC1)N1CCN(C(=O)c2ccc(F)cc2F)CC1. The Balaban J connectivity index is 1.36. The van der Waals surface area contributed by atoms with E-state index in [0.29, 0.717) is 45.1 Å². The summed E-state index contributed by atoms with van der Waals surface area (Å²) in [6.07, 6.45) is 6.73. The van der Waals surface area contributed by atoms with E-state index >= 15 is 0 Å². The Hall–Kier alpha value is -2.87. The first-order chi connectivity index (χ1) is 16.0. The number of amides is 2. The van der Waals surface area contributed by atoms with E-state index in [-0.39, 0.29) is 17.5 Å². The first kappa shape index (κ1) is 23.3. The fourth-order valence-electron chi connectivity index (χ4n) is 4.95. The molecule has 2 aromatic rings. The monoisotopic (exact) mass is 456 g/mol. The number of aromatic nitrogens is 1. The molecule has 1 aliphatic heterocycles. The fourth-order valence-corrected chi connectivity index (χ4v) is 4.95. The highest BCUT2D eigenvalue weighted by Gasteiger charge is 2.37. The summed E-state index contributed by atoms with van der Waals surface area (Å²) in [5, 5.41) is 3.09. The normalized spacial score (nSPS) is 18.3. The number of carbonyl (C=O) groups is 2. The van der Waals surface area contributed by atoms with Crippen molar-refractivity contribution < 1.29 is 18.4 Å². The van der Waals surface area contributed by atoms with Crippen LogP contribution in [0.1, 0.15) is 41.7 Å². The van der Waals surface area contributed by atoms with Gasteiger partial charge in [-0.1, -0.05) is 18.9 Å². The van der Waals surface area contributed by atoms with Crippen LogP contribution >= 0.6 is 0 Å². The van der Waals surface area contributed by atoms with Crippen molar-refractivity contribution in [3.05, 3.63) is 65.5 Å². The van der Waals surface area contributed by atoms with Gasteiger partial charge in [-0.2, -0.15) is 0 Å². The third-order valence-corrected chi connectivity index (χ3v) is 6.68. The minimum Gasteiger partial charge on any atom is -0.354 e. The number of hydrogen-bond acceptors (Lipinski definition) is 4. The van der Waals surface area contributed by atoms with Crippen LogP contribution in [0.5, 0.6) is 0 Å². The summed E-state index contributed by atoms with van der Waals surface area (Å²) < 4.78 is 27.2. The molecule has 0 radical (unpaired) electrons. The molecule has 1 atom stereocenters. The van der Waals surface area contributed by atoms with Gasteiger partial charge in [-0.25, -0.2) is 8.78 Å². The molecule has 8 heteroatoms. The van der Waals surface area contributed by atoms with E-state index in [1.165, 1.54) is 6.07 Å². The molecule has 2 amide bonds. The lowest BCUT2D eigenvalue weighted by Crippen LogP contribution is -2.58. The van der Waals surface area contributed by atoms with E-state index in [1.807, 2.05) is 18.2 Å². The maximum absolute atomic E-state index is 14.1. The fraction of sp³-hybridized carbons (Fsp3) is 0.480. The Morgan fingerprint density at radius 2 is 1.82 bits per heavy atom. The van der Waals surface area contributed by atoms with Crippen molar-refractivity contribution in [2.75, 3.05) is 32.7 Å². The van der Waals surface area contributed by atoms with Gasteiger partial charge in [0.2, 0.25) is 5.91 Å². The van der Waals surface area contributed by atoms with E-state index in [0.717, 1.165) is 43.5 Å². The molecule has 1 aromatic heterocycles. The number of piperazine rings is 1. The standard InChI is InChI=1S/C25H30F2N4O2/c26-19-8-9-21(22(27)17-19)25(33)31-15-13-30(14-16-31)23(18-5-1-2-6-18)24(32)29-12-10-20-7-3-4-11-28-20/h3-4,7-9,11,17-18,23H,1-2,5-6,10,12-16H2,(H,29,32). The predicted octanol–water partition coefficient (Wildman–Crippen LogP) is 3.04. The number of nitrogens with zero attached hydrogens (tertiary/aromatic N) is 3. The molecule has 0 bridgehead atoms. The quantitative estimate of drug-likeness (QED) is 0.696. The molecule has 6 nitrogen and oxygen atoms in total. The molecule has 1 N–H and O–H groups in total. The molecule has 2 heterocycles. The summed E-state index contributed by atoms with van der Waals surface area (Å²) in [5.41, 5.74) is 0.819. The third-order valence-electron chi connectivity index (χ3n) is 6.68. The van der Waals surface area contributed by atoms with E-state index in [9.17, 15) is 18.4 Å². The number of benzene rings is 1. The lowest BCUT2D eigenvalue weighted by molar-refractivity contribution is -0.129. The second kappa shape index (κ2) is 10.8. The number of hydrogen-bond donors (Lipinski definition) is 1. The molecule has 2 fully saturated rings. The topological polar surface area (TPSA) is 65.5 Å². The second-order valence-corrected chi connectivity index (χ2v) is 8.80. The van der Waals surface area contributed by atoms with Gasteiger partial charge in [0.15, 0.2) is 0 Å². The van der Waals surface area contributed by atoms with Gasteiger partial charge in [0.25, 0.3) is 5.91 Å². The summed E-state index contributed by atoms with van der Waals surface area (Å²) in [7, 11) is 0. The average molecular weight is 457 g/mol. The summed E-state index contributed by atoms with van der Waals surface area (Å²) in [6.45, 7) is 2.42. The Labute approximate surface area is 193 Å². The summed E-state index contributed by atoms with van der Waals surface area (Å²) in [5.74, 6) is -1.66. The van der Waals surface area contributed by atoms with Crippen molar-refractivity contribution in [3.8, 4) is 0 Å². The molecular weight excluding hydrogens is 426 g/mol. The van der Waals surface area contributed by atoms with Gasteiger partial charge in [-0.3, -0.25) is 19.5 Å². The maximum Gasteiger partial charge on any atom is 0.256 e. The minimum atomic E-state index is -0.849. The largest absolute Gasteiger partial charge is 0.354 e. The van der Waals surface area contributed by atoms with Crippen molar-refractivity contribution in [3.63, 3.8) is 0 Å². The van der Waals surface area contributed by atoms with Gasteiger partial charge in [0.05, 0.1) is 11.6 Å². The number of carbonyl (C=O) groups excluding carboxylic acids is 2. The average Bonchev–Trinajstić information content (AvgIpc) is 3.34. The highest BCUT2D eigenvalue weighted by molar-refractivity contribution is 5.94. The van der Waals surface area contributed by atoms with Crippen LogP contribution in [0, 0.1) is 17.6 Å². The van der Waals surface area contributed by atoms with E-state index in [4.69, 9.17) is 0 Å².